The molecule has 782 valence electrons. The topological polar surface area (TPSA) is 229 Å². The Labute approximate surface area is 858 Å². The van der Waals surface area contributed by atoms with Gasteiger partial charge in [0.1, 0.15) is 69.3 Å². The second-order valence-corrected chi connectivity index (χ2v) is 36.6. The number of aryl methyl sites for hydroxylation is 2. The zero-order valence-electron chi connectivity index (χ0n) is 87.0. The van der Waals surface area contributed by atoms with Gasteiger partial charge in [-0.25, -0.2) is 46.3 Å². The minimum atomic E-state index is -0.829. The van der Waals surface area contributed by atoms with Crippen LogP contribution < -0.4 is 37.9 Å². The highest BCUT2D eigenvalue weighted by Gasteiger charge is 2.23. The number of carbonyl (C=O) groups excluding carboxylic acids is 8. The molecule has 1 atom stereocenters. The van der Waals surface area contributed by atoms with Crippen LogP contribution in [-0.2, 0) is 31.9 Å². The second-order valence-electron chi connectivity index (χ2n) is 36.6. The lowest BCUT2D eigenvalue weighted by Gasteiger charge is -2.13. The highest BCUT2D eigenvalue weighted by atomic mass is 19.1. The Balaban J connectivity index is 0.000000262. The average Bonchev–Trinajstić information content (AvgIpc) is 0.822. The zero-order valence-corrected chi connectivity index (χ0v) is 87.0. The van der Waals surface area contributed by atoms with Crippen molar-refractivity contribution in [3.8, 4) is 68.2 Å². The fourth-order valence-corrected chi connectivity index (χ4v) is 15.7. The average molecular weight is 2000 g/mol. The maximum atomic E-state index is 14.5. The third kappa shape index (κ3) is 47.3. The minimum Gasteiger partial charge on any atom is -0.494 e. The summed E-state index contributed by atoms with van der Waals surface area (Å²) in [7, 11) is 0. The molecule has 10 aromatic rings. The Kier molecular flexibility index (Phi) is 58.3. The van der Waals surface area contributed by atoms with Crippen LogP contribution in [0.25, 0.3) is 22.3 Å². The standard InChI is InChI=1S/C32H43FO6.C31H41FO6.2C30H35FO3/c1-3-5-7-9-11-12-14-16-30(34)38-26-19-17-25(18-20-26)31(35)39-27-21-22-28(29(33)24-27)32(36)37-23-15-13-10-8-6-4-2;1-4-6-8-9-10-11-13-15-29(33)37-25-18-16-24(17-19-25)30(34)38-26-20-21-27(28(32)22-26)31(35)36-23(3)14-12-7-5-2;2*1-3-5-6-7-8-9-10-21-33-27-18-16-25(17-19-27)24-11-13-26(14-12-24)30(32)34-28-20-15-23(4-2)29(31)22-28/h17-22,24H,3-16,23H2,1-2H3;16-23H,4-15H2,1-3H3;2*11-20,22H,3-10,21H2,1-2H3. The first-order valence-corrected chi connectivity index (χ1v) is 53.2. The largest absolute Gasteiger partial charge is 0.494 e. The molecule has 0 aliphatic rings. The molecule has 0 heterocycles. The first kappa shape index (κ1) is 119. The first-order chi connectivity index (χ1) is 70.5. The third-order valence-electron chi connectivity index (χ3n) is 24.5. The van der Waals surface area contributed by atoms with Crippen molar-refractivity contribution in [3.05, 3.63) is 286 Å². The molecule has 0 spiro atoms. The maximum absolute atomic E-state index is 14.5. The molecule has 0 fully saturated rings. The maximum Gasteiger partial charge on any atom is 0.343 e. The van der Waals surface area contributed by atoms with Crippen LogP contribution in [0.2, 0.25) is 0 Å². The summed E-state index contributed by atoms with van der Waals surface area (Å²) in [6, 6.07) is 58.5. The van der Waals surface area contributed by atoms with Crippen molar-refractivity contribution >= 4 is 47.8 Å². The van der Waals surface area contributed by atoms with Gasteiger partial charge < -0.3 is 47.4 Å². The van der Waals surface area contributed by atoms with E-state index in [2.05, 4.69) is 41.5 Å². The van der Waals surface area contributed by atoms with Gasteiger partial charge in [0.15, 0.2) is 0 Å². The molecule has 0 radical (unpaired) electrons. The van der Waals surface area contributed by atoms with E-state index >= 15 is 0 Å². The summed E-state index contributed by atoms with van der Waals surface area (Å²) in [5.74, 6) is -4.14. The van der Waals surface area contributed by atoms with Gasteiger partial charge in [-0.3, -0.25) is 9.59 Å². The number of carbonyl (C=O) groups is 8. The zero-order chi connectivity index (χ0) is 104. The summed E-state index contributed by atoms with van der Waals surface area (Å²) >= 11 is 0. The fourth-order valence-electron chi connectivity index (χ4n) is 15.7. The van der Waals surface area contributed by atoms with Crippen LogP contribution in [0.5, 0.6) is 46.0 Å². The van der Waals surface area contributed by atoms with E-state index < -0.39 is 47.5 Å². The Morgan fingerprint density at radius 2 is 0.483 bits per heavy atom. The quantitative estimate of drug-likeness (QED) is 0.0149. The summed E-state index contributed by atoms with van der Waals surface area (Å²) in [6.07, 6.45) is 45.1. The first-order valence-electron chi connectivity index (χ1n) is 53.2. The SMILES string of the molecule is CCCCCCCCCC(=O)Oc1ccc(C(=O)Oc2ccc(C(=O)OC(C)CCCCC)c(F)c2)cc1.CCCCCCCCCC(=O)Oc1ccc(C(=O)Oc2ccc(C(=O)OCCCCCCCC)c(F)c2)cc1.CCCCCCCCCOc1ccc(-c2ccc(C(=O)Oc3ccc(CC)c(F)c3)cc2)cc1.CCCCCCCCCOc1ccc(-c2ccc(C(=O)Oc3ccc(CC)c(F)c3)cc2)cc1. The van der Waals surface area contributed by atoms with Crippen LogP contribution in [0.15, 0.2) is 218 Å². The molecule has 22 heteroatoms. The van der Waals surface area contributed by atoms with Gasteiger partial charge in [-0.1, -0.05) is 315 Å². The van der Waals surface area contributed by atoms with Gasteiger partial charge in [0, 0.05) is 37.1 Å². The summed E-state index contributed by atoms with van der Waals surface area (Å²) in [6.45, 7) is 20.4. The van der Waals surface area contributed by atoms with E-state index in [1.165, 1.54) is 226 Å². The number of benzene rings is 10. The number of esters is 8. The van der Waals surface area contributed by atoms with E-state index in [0.29, 0.717) is 65.9 Å². The molecule has 1 unspecified atom stereocenters. The lowest BCUT2D eigenvalue weighted by atomic mass is 10.0. The number of hydrogen-bond donors (Lipinski definition) is 0. The second kappa shape index (κ2) is 70.9. The third-order valence-corrected chi connectivity index (χ3v) is 24.5. The van der Waals surface area contributed by atoms with Crippen molar-refractivity contribution in [1.82, 2.24) is 0 Å². The molecule has 0 aromatic heterocycles. The molecule has 0 aliphatic carbocycles. The number of rotatable bonds is 62. The van der Waals surface area contributed by atoms with Crippen LogP contribution in [0.1, 0.15) is 392 Å². The van der Waals surface area contributed by atoms with Crippen LogP contribution in [0, 0.1) is 23.3 Å². The molecule has 18 nitrogen and oxygen atoms in total. The van der Waals surface area contributed by atoms with Crippen molar-refractivity contribution in [3.63, 3.8) is 0 Å². The van der Waals surface area contributed by atoms with Gasteiger partial charge in [-0.05, 0) is 232 Å². The molecule has 0 saturated heterocycles. The summed E-state index contributed by atoms with van der Waals surface area (Å²) < 4.78 is 111. The van der Waals surface area contributed by atoms with Gasteiger partial charge in [0.05, 0.1) is 59.3 Å². The molecule has 145 heavy (non-hydrogen) atoms. The molecule has 0 aliphatic heterocycles. The monoisotopic (exact) mass is 2000 g/mol. The summed E-state index contributed by atoms with van der Waals surface area (Å²) in [5.41, 5.74) is 6.10. The Morgan fingerprint density at radius 3 is 0.786 bits per heavy atom. The Bertz CT molecular complexity index is 5260. The molecule has 0 bridgehead atoms. The lowest BCUT2D eigenvalue weighted by Crippen LogP contribution is -2.16. The van der Waals surface area contributed by atoms with Gasteiger partial charge in [-0.15, -0.1) is 0 Å². The lowest BCUT2D eigenvalue weighted by molar-refractivity contribution is -0.135. The van der Waals surface area contributed by atoms with Gasteiger partial charge in [0.25, 0.3) is 0 Å². The van der Waals surface area contributed by atoms with Crippen molar-refractivity contribution in [2.45, 2.75) is 338 Å². The highest BCUT2D eigenvalue weighted by molar-refractivity contribution is 5.95. The van der Waals surface area contributed by atoms with E-state index in [9.17, 15) is 55.9 Å². The molecule has 10 rings (SSSR count). The highest BCUT2D eigenvalue weighted by Crippen LogP contribution is 2.31. The molecule has 10 aromatic carbocycles. The van der Waals surface area contributed by atoms with Crippen LogP contribution in [0.4, 0.5) is 17.6 Å². The van der Waals surface area contributed by atoms with Crippen LogP contribution >= 0.6 is 0 Å². The van der Waals surface area contributed by atoms with E-state index in [0.717, 1.165) is 155 Å². The smallest absolute Gasteiger partial charge is 0.343 e. The number of halogens is 4. The molecular formula is C123H154F4O18. The van der Waals surface area contributed by atoms with Crippen LogP contribution in [-0.4, -0.2) is 73.7 Å². The fraction of sp³-hybridized carbons (Fsp3) is 0.447. The molecule has 0 N–H and O–H groups in total. The number of unbranched alkanes of at least 4 members (excludes halogenated alkanes) is 31. The minimum absolute atomic E-state index is 0.0322. The van der Waals surface area contributed by atoms with E-state index in [4.69, 9.17) is 47.4 Å². The van der Waals surface area contributed by atoms with Crippen molar-refractivity contribution in [1.29, 1.82) is 0 Å². The normalized spacial score (nSPS) is 11.0. The number of hydrogen-bond acceptors (Lipinski definition) is 18. The van der Waals surface area contributed by atoms with Crippen molar-refractivity contribution in [2.24, 2.45) is 0 Å². The Morgan fingerprint density at radius 1 is 0.234 bits per heavy atom. The number of ether oxygens (including phenoxy) is 10. The molecular weight excluding hydrogens is 1840 g/mol. The van der Waals surface area contributed by atoms with E-state index in [1.54, 1.807) is 55.5 Å². The summed E-state index contributed by atoms with van der Waals surface area (Å²) in [5, 5.41) is 0. The van der Waals surface area contributed by atoms with Gasteiger partial charge in [-0.2, -0.15) is 0 Å². The van der Waals surface area contributed by atoms with Crippen molar-refractivity contribution < 1.29 is 103 Å². The molecule has 0 saturated carbocycles. The Hall–Kier alpha value is -12.7. The predicted octanol–water partition coefficient (Wildman–Crippen LogP) is 33.6. The van der Waals surface area contributed by atoms with Crippen molar-refractivity contribution in [2.75, 3.05) is 19.8 Å². The predicted molar refractivity (Wildman–Crippen MR) is 567 cm³/mol. The van der Waals surface area contributed by atoms with E-state index in [-0.39, 0.29) is 81.5 Å². The van der Waals surface area contributed by atoms with E-state index in [1.807, 2.05) is 86.6 Å². The summed E-state index contributed by atoms with van der Waals surface area (Å²) in [4.78, 5) is 98.4. The van der Waals surface area contributed by atoms with Gasteiger partial charge in [0.2, 0.25) is 0 Å². The van der Waals surface area contributed by atoms with Crippen LogP contribution in [0.3, 0.4) is 0 Å². The molecule has 0 amide bonds. The van der Waals surface area contributed by atoms with Gasteiger partial charge >= 0.3 is 47.8 Å².